The molecule has 1 aromatic rings. The summed E-state index contributed by atoms with van der Waals surface area (Å²) >= 11 is 5.84. The van der Waals surface area contributed by atoms with Gasteiger partial charge in [-0.15, -0.1) is 12.4 Å². The van der Waals surface area contributed by atoms with Gasteiger partial charge in [0.1, 0.15) is 0 Å². The first-order chi connectivity index (χ1) is 7.72. The number of ether oxygens (including phenoxy) is 1. The van der Waals surface area contributed by atoms with Crippen molar-refractivity contribution in [1.29, 1.82) is 0 Å². The lowest BCUT2D eigenvalue weighted by atomic mass is 9.89. The van der Waals surface area contributed by atoms with Crippen LogP contribution in [0.1, 0.15) is 11.5 Å². The number of benzene rings is 1. The van der Waals surface area contributed by atoms with E-state index in [0.29, 0.717) is 11.6 Å². The van der Waals surface area contributed by atoms with Crippen molar-refractivity contribution < 1.29 is 9.53 Å². The summed E-state index contributed by atoms with van der Waals surface area (Å²) in [6, 6.07) is 7.64. The van der Waals surface area contributed by atoms with Crippen molar-refractivity contribution in [1.82, 2.24) is 5.32 Å². The van der Waals surface area contributed by atoms with Gasteiger partial charge in [0.15, 0.2) is 0 Å². The molecule has 0 bridgehead atoms. The molecule has 1 aromatic carbocycles. The summed E-state index contributed by atoms with van der Waals surface area (Å²) in [5.74, 6) is -0.0548. The molecule has 2 atom stereocenters. The van der Waals surface area contributed by atoms with Gasteiger partial charge in [-0.25, -0.2) is 0 Å². The van der Waals surface area contributed by atoms with Gasteiger partial charge >= 0.3 is 5.97 Å². The molecular formula is C12H15Cl2NO2. The van der Waals surface area contributed by atoms with E-state index in [2.05, 4.69) is 5.32 Å². The quantitative estimate of drug-likeness (QED) is 0.842. The molecule has 0 aromatic heterocycles. The molecule has 0 unspecified atom stereocenters. The fourth-order valence-electron chi connectivity index (χ4n) is 2.14. The number of esters is 1. The molecule has 1 N–H and O–H groups in total. The van der Waals surface area contributed by atoms with Crippen molar-refractivity contribution in [3.8, 4) is 0 Å². The lowest BCUT2D eigenvalue weighted by Gasteiger charge is -2.16. The molecule has 94 valence electrons. The van der Waals surface area contributed by atoms with E-state index in [4.69, 9.17) is 16.3 Å². The fourth-order valence-corrected chi connectivity index (χ4v) is 2.26. The maximum atomic E-state index is 11.6. The van der Waals surface area contributed by atoms with Crippen molar-refractivity contribution in [2.24, 2.45) is 5.92 Å². The van der Waals surface area contributed by atoms with Crippen molar-refractivity contribution >= 4 is 30.0 Å². The molecule has 1 saturated heterocycles. The zero-order valence-corrected chi connectivity index (χ0v) is 11.1. The molecule has 0 amide bonds. The average molecular weight is 276 g/mol. The Morgan fingerprint density at radius 1 is 1.35 bits per heavy atom. The van der Waals surface area contributed by atoms with E-state index in [1.807, 2.05) is 24.3 Å². The van der Waals surface area contributed by atoms with Crippen LogP contribution in [0.15, 0.2) is 24.3 Å². The summed E-state index contributed by atoms with van der Waals surface area (Å²) in [5, 5.41) is 3.93. The third-order valence-corrected chi connectivity index (χ3v) is 3.27. The summed E-state index contributed by atoms with van der Waals surface area (Å²) < 4.78 is 4.80. The highest BCUT2D eigenvalue weighted by Gasteiger charge is 2.34. The highest BCUT2D eigenvalue weighted by Crippen LogP contribution is 2.29. The topological polar surface area (TPSA) is 38.3 Å². The zero-order valence-electron chi connectivity index (χ0n) is 9.48. The van der Waals surface area contributed by atoms with E-state index in [-0.39, 0.29) is 30.2 Å². The normalized spacial score (nSPS) is 22.9. The van der Waals surface area contributed by atoms with Crippen LogP contribution in [0.2, 0.25) is 5.02 Å². The van der Waals surface area contributed by atoms with Crippen molar-refractivity contribution in [3.63, 3.8) is 0 Å². The molecule has 2 rings (SSSR count). The van der Waals surface area contributed by atoms with Gasteiger partial charge < -0.3 is 10.1 Å². The predicted molar refractivity (Wildman–Crippen MR) is 69.8 cm³/mol. The molecule has 0 radical (unpaired) electrons. The lowest BCUT2D eigenvalue weighted by Crippen LogP contribution is -2.22. The van der Waals surface area contributed by atoms with Gasteiger partial charge in [-0.2, -0.15) is 0 Å². The van der Waals surface area contributed by atoms with Gasteiger partial charge in [0.25, 0.3) is 0 Å². The van der Waals surface area contributed by atoms with E-state index in [1.54, 1.807) is 0 Å². The molecular weight excluding hydrogens is 261 g/mol. The Bertz CT molecular complexity index is 381. The van der Waals surface area contributed by atoms with Crippen LogP contribution in [0.25, 0.3) is 0 Å². The number of hydrogen-bond acceptors (Lipinski definition) is 3. The second kappa shape index (κ2) is 6.24. The lowest BCUT2D eigenvalue weighted by molar-refractivity contribution is -0.145. The van der Waals surface area contributed by atoms with Gasteiger partial charge in [0, 0.05) is 24.0 Å². The summed E-state index contributed by atoms with van der Waals surface area (Å²) in [4.78, 5) is 11.6. The van der Waals surface area contributed by atoms with Crippen molar-refractivity contribution in [2.45, 2.75) is 5.92 Å². The monoisotopic (exact) mass is 275 g/mol. The molecule has 1 aliphatic heterocycles. The van der Waals surface area contributed by atoms with Crippen LogP contribution in [0.5, 0.6) is 0 Å². The van der Waals surface area contributed by atoms with E-state index in [1.165, 1.54) is 7.11 Å². The van der Waals surface area contributed by atoms with Gasteiger partial charge in [0.05, 0.1) is 13.0 Å². The Kier molecular flexibility index (Phi) is 5.25. The second-order valence-electron chi connectivity index (χ2n) is 3.95. The first-order valence-corrected chi connectivity index (χ1v) is 5.64. The SMILES string of the molecule is COC(=O)[C@H]1CNC[C@H]1c1ccc(Cl)cc1.Cl. The summed E-state index contributed by atoms with van der Waals surface area (Å²) in [6.45, 7) is 1.49. The number of hydrogen-bond donors (Lipinski definition) is 1. The maximum absolute atomic E-state index is 11.6. The smallest absolute Gasteiger partial charge is 0.310 e. The Labute approximate surface area is 112 Å². The fraction of sp³-hybridized carbons (Fsp3) is 0.417. The first-order valence-electron chi connectivity index (χ1n) is 5.26. The minimum Gasteiger partial charge on any atom is -0.469 e. The minimum atomic E-state index is -0.148. The summed E-state index contributed by atoms with van der Waals surface area (Å²) in [7, 11) is 1.43. The number of halogens is 2. The number of methoxy groups -OCH3 is 1. The summed E-state index contributed by atoms with van der Waals surface area (Å²) in [5.41, 5.74) is 1.13. The molecule has 1 fully saturated rings. The van der Waals surface area contributed by atoms with E-state index in [0.717, 1.165) is 12.1 Å². The third kappa shape index (κ3) is 3.12. The molecule has 1 aliphatic rings. The van der Waals surface area contributed by atoms with Gasteiger partial charge in [-0.1, -0.05) is 23.7 Å². The number of carbonyl (C=O) groups is 1. The largest absolute Gasteiger partial charge is 0.469 e. The molecule has 0 spiro atoms. The Balaban J connectivity index is 0.00000144. The molecule has 1 heterocycles. The Morgan fingerprint density at radius 3 is 2.59 bits per heavy atom. The van der Waals surface area contributed by atoms with Gasteiger partial charge in [0.2, 0.25) is 0 Å². The van der Waals surface area contributed by atoms with Crippen LogP contribution in [0.4, 0.5) is 0 Å². The minimum absolute atomic E-state index is 0. The highest BCUT2D eigenvalue weighted by molar-refractivity contribution is 6.30. The van der Waals surface area contributed by atoms with Crippen LogP contribution in [0, 0.1) is 5.92 Å². The molecule has 0 saturated carbocycles. The van der Waals surface area contributed by atoms with Crippen LogP contribution in [0.3, 0.4) is 0 Å². The van der Waals surface area contributed by atoms with Crippen molar-refractivity contribution in [2.75, 3.05) is 20.2 Å². The number of nitrogens with one attached hydrogen (secondary N) is 1. The van der Waals surface area contributed by atoms with Gasteiger partial charge in [-0.05, 0) is 17.7 Å². The average Bonchev–Trinajstić information content (AvgIpc) is 2.78. The number of rotatable bonds is 2. The standard InChI is InChI=1S/C12H14ClNO2.ClH/c1-16-12(15)11-7-14-6-10(11)8-2-4-9(13)5-3-8;/h2-5,10-11,14H,6-7H2,1H3;1H/t10-,11-;/m0./s1. The third-order valence-electron chi connectivity index (χ3n) is 3.02. The van der Waals surface area contributed by atoms with Crippen molar-refractivity contribution in [3.05, 3.63) is 34.9 Å². The first kappa shape index (κ1) is 14.3. The van der Waals surface area contributed by atoms with E-state index >= 15 is 0 Å². The molecule has 17 heavy (non-hydrogen) atoms. The second-order valence-corrected chi connectivity index (χ2v) is 4.38. The van der Waals surface area contributed by atoms with E-state index in [9.17, 15) is 4.79 Å². The van der Waals surface area contributed by atoms with E-state index < -0.39 is 0 Å². The summed E-state index contributed by atoms with van der Waals surface area (Å²) in [6.07, 6.45) is 0. The predicted octanol–water partition coefficient (Wildman–Crippen LogP) is 2.24. The highest BCUT2D eigenvalue weighted by atomic mass is 35.5. The molecule has 0 aliphatic carbocycles. The van der Waals surface area contributed by atoms with Crippen LogP contribution < -0.4 is 5.32 Å². The molecule has 3 nitrogen and oxygen atoms in total. The number of carbonyl (C=O) groups excluding carboxylic acids is 1. The Morgan fingerprint density at radius 2 is 2.00 bits per heavy atom. The van der Waals surface area contributed by atoms with Crippen LogP contribution >= 0.6 is 24.0 Å². The van der Waals surface area contributed by atoms with Crippen LogP contribution in [-0.4, -0.2) is 26.2 Å². The molecule has 5 heteroatoms. The van der Waals surface area contributed by atoms with Gasteiger partial charge in [-0.3, -0.25) is 4.79 Å². The maximum Gasteiger partial charge on any atom is 0.310 e. The van der Waals surface area contributed by atoms with Crippen LogP contribution in [-0.2, 0) is 9.53 Å². The Hall–Kier alpha value is -0.770. The zero-order chi connectivity index (χ0) is 11.5.